The average molecular weight is 344 g/mol. The van der Waals surface area contributed by atoms with Crippen molar-refractivity contribution >= 4 is 0 Å². The number of piperidine rings is 1. The van der Waals surface area contributed by atoms with Gasteiger partial charge in [-0.15, -0.1) is 0 Å². The number of nitrogens with one attached hydrogen (secondary N) is 1. The first kappa shape index (κ1) is 17.0. The molecular weight excluding hydrogens is 318 g/mol. The summed E-state index contributed by atoms with van der Waals surface area (Å²) in [7, 11) is 2.27. The van der Waals surface area contributed by atoms with Crippen LogP contribution in [0.3, 0.4) is 0 Å². The molecule has 1 unspecified atom stereocenters. The molecule has 2 N–H and O–H groups in total. The summed E-state index contributed by atoms with van der Waals surface area (Å²) in [5, 5.41) is 11.2. The molecular formula is C24H26NO+. The Morgan fingerprint density at radius 3 is 1.69 bits per heavy atom. The molecule has 0 spiro atoms. The molecule has 0 aliphatic carbocycles. The second-order valence-electron chi connectivity index (χ2n) is 7.34. The predicted octanol–water partition coefficient (Wildman–Crippen LogP) is 3.53. The first-order valence-corrected chi connectivity index (χ1v) is 9.42. The fraction of sp³-hybridized carbons (Fsp3) is 0.250. The highest BCUT2D eigenvalue weighted by atomic mass is 16.3. The van der Waals surface area contributed by atoms with Crippen molar-refractivity contribution in [3.05, 3.63) is 108 Å². The Balaban J connectivity index is 1.78. The van der Waals surface area contributed by atoms with E-state index in [1.54, 1.807) is 0 Å². The van der Waals surface area contributed by atoms with Gasteiger partial charge in [-0.05, 0) is 5.56 Å². The maximum Gasteiger partial charge on any atom is 0.123 e. The van der Waals surface area contributed by atoms with E-state index in [4.69, 9.17) is 0 Å². The molecule has 1 fully saturated rings. The predicted molar refractivity (Wildman–Crippen MR) is 105 cm³/mol. The number of hydrogen-bond donors (Lipinski definition) is 2. The molecule has 3 aromatic carbocycles. The quantitative estimate of drug-likeness (QED) is 0.746. The Morgan fingerprint density at radius 1 is 0.692 bits per heavy atom. The van der Waals surface area contributed by atoms with Gasteiger partial charge in [0.15, 0.2) is 0 Å². The van der Waals surface area contributed by atoms with Gasteiger partial charge in [0.05, 0.1) is 19.1 Å². The summed E-state index contributed by atoms with van der Waals surface area (Å²) in [5.74, 6) is 0.0959. The van der Waals surface area contributed by atoms with E-state index >= 15 is 0 Å². The van der Waals surface area contributed by atoms with Gasteiger partial charge < -0.3 is 10.0 Å². The molecule has 1 heterocycles. The molecule has 3 aromatic rings. The third-order valence-electron chi connectivity index (χ3n) is 5.84. The van der Waals surface area contributed by atoms with E-state index < -0.39 is 0 Å². The van der Waals surface area contributed by atoms with Crippen molar-refractivity contribution in [2.45, 2.75) is 30.5 Å². The summed E-state index contributed by atoms with van der Waals surface area (Å²) < 4.78 is 0. The summed E-state index contributed by atoms with van der Waals surface area (Å²) in [6.07, 6.45) is 0.412. The highest BCUT2D eigenvalue weighted by molar-refractivity contribution is 5.29. The number of hydrogen-bond acceptors (Lipinski definition) is 1. The summed E-state index contributed by atoms with van der Waals surface area (Å²) in [4.78, 5) is 1.45. The Morgan fingerprint density at radius 2 is 1.15 bits per heavy atom. The van der Waals surface area contributed by atoms with Gasteiger partial charge in [-0.25, -0.2) is 0 Å². The lowest BCUT2D eigenvalue weighted by molar-refractivity contribution is -0.952. The van der Waals surface area contributed by atoms with Crippen LogP contribution in [0.4, 0.5) is 0 Å². The van der Waals surface area contributed by atoms with E-state index in [-0.39, 0.29) is 24.1 Å². The molecule has 4 rings (SSSR count). The van der Waals surface area contributed by atoms with Crippen molar-refractivity contribution < 1.29 is 10.0 Å². The second-order valence-corrected chi connectivity index (χ2v) is 7.34. The van der Waals surface area contributed by atoms with Crippen molar-refractivity contribution in [1.29, 1.82) is 0 Å². The van der Waals surface area contributed by atoms with Crippen LogP contribution in [0.2, 0.25) is 0 Å². The zero-order valence-electron chi connectivity index (χ0n) is 15.1. The van der Waals surface area contributed by atoms with Gasteiger partial charge in [0.25, 0.3) is 0 Å². The SMILES string of the molecule is C[NH+]1[C@@H](c2ccccc2)C[C@H](O)[C@H](c2ccccc2)[C@@H]1c1ccccc1. The Labute approximate surface area is 155 Å². The Kier molecular flexibility index (Phi) is 4.87. The topological polar surface area (TPSA) is 24.7 Å². The number of benzene rings is 3. The zero-order valence-corrected chi connectivity index (χ0v) is 15.1. The minimum Gasteiger partial charge on any atom is -0.392 e. The van der Waals surface area contributed by atoms with E-state index in [1.807, 2.05) is 6.07 Å². The molecule has 1 aliphatic rings. The highest BCUT2D eigenvalue weighted by Gasteiger charge is 2.46. The van der Waals surface area contributed by atoms with Crippen LogP contribution in [-0.4, -0.2) is 18.3 Å². The first-order valence-electron chi connectivity index (χ1n) is 9.42. The minimum absolute atomic E-state index is 0.0959. The van der Waals surface area contributed by atoms with Gasteiger partial charge >= 0.3 is 0 Å². The van der Waals surface area contributed by atoms with Crippen LogP contribution in [0.5, 0.6) is 0 Å². The van der Waals surface area contributed by atoms with Crippen LogP contribution < -0.4 is 4.90 Å². The Hall–Kier alpha value is -2.42. The van der Waals surface area contributed by atoms with E-state index in [1.165, 1.54) is 21.6 Å². The first-order chi connectivity index (χ1) is 12.8. The molecule has 0 radical (unpaired) electrons. The summed E-state index contributed by atoms with van der Waals surface area (Å²) in [5.41, 5.74) is 3.81. The van der Waals surface area contributed by atoms with E-state index in [9.17, 15) is 5.11 Å². The van der Waals surface area contributed by atoms with Crippen molar-refractivity contribution in [3.63, 3.8) is 0 Å². The molecule has 0 bridgehead atoms. The molecule has 0 amide bonds. The lowest BCUT2D eigenvalue weighted by atomic mass is 9.75. The number of likely N-dealkylation sites (tertiary alicyclic amines) is 1. The maximum absolute atomic E-state index is 11.2. The van der Waals surface area contributed by atoms with Crippen LogP contribution in [0.25, 0.3) is 0 Å². The van der Waals surface area contributed by atoms with Gasteiger partial charge in [0, 0.05) is 17.5 Å². The number of quaternary nitrogens is 1. The highest BCUT2D eigenvalue weighted by Crippen LogP contribution is 2.39. The van der Waals surface area contributed by atoms with Gasteiger partial charge in [0.2, 0.25) is 0 Å². The van der Waals surface area contributed by atoms with Gasteiger partial charge in [-0.3, -0.25) is 0 Å². The molecule has 26 heavy (non-hydrogen) atoms. The number of rotatable bonds is 3. The van der Waals surface area contributed by atoms with Crippen LogP contribution >= 0.6 is 0 Å². The van der Waals surface area contributed by atoms with Crippen molar-refractivity contribution in [2.75, 3.05) is 7.05 Å². The fourth-order valence-electron chi connectivity index (χ4n) is 4.60. The molecule has 5 atom stereocenters. The molecule has 2 heteroatoms. The van der Waals surface area contributed by atoms with Gasteiger partial charge in [0.1, 0.15) is 12.1 Å². The summed E-state index contributed by atoms with van der Waals surface area (Å²) >= 11 is 0. The van der Waals surface area contributed by atoms with Gasteiger partial charge in [-0.2, -0.15) is 0 Å². The summed E-state index contributed by atoms with van der Waals surface area (Å²) in [6.45, 7) is 0. The monoisotopic (exact) mass is 344 g/mol. The second kappa shape index (κ2) is 7.45. The number of aliphatic hydroxyl groups excluding tert-OH is 1. The van der Waals surface area contributed by atoms with E-state index in [0.29, 0.717) is 0 Å². The van der Waals surface area contributed by atoms with Crippen LogP contribution in [0.15, 0.2) is 91.0 Å². The molecule has 132 valence electrons. The normalized spacial score (nSPS) is 28.6. The standard InChI is InChI=1S/C24H25NO/c1-25-21(18-11-5-2-6-12-18)17-22(26)23(19-13-7-3-8-14-19)24(25)20-15-9-4-10-16-20/h2-16,21-24,26H,17H2,1H3/p+1/t21-,22+,23+,24+/m1/s1. The van der Waals surface area contributed by atoms with E-state index in [0.717, 1.165) is 6.42 Å². The lowest BCUT2D eigenvalue weighted by Gasteiger charge is -2.44. The molecule has 1 aliphatic heterocycles. The maximum atomic E-state index is 11.2. The third-order valence-corrected chi connectivity index (χ3v) is 5.84. The smallest absolute Gasteiger partial charge is 0.123 e. The largest absolute Gasteiger partial charge is 0.392 e. The zero-order chi connectivity index (χ0) is 17.9. The lowest BCUT2D eigenvalue weighted by Crippen LogP contribution is -3.11. The molecule has 0 aromatic heterocycles. The van der Waals surface area contributed by atoms with Crippen molar-refractivity contribution in [1.82, 2.24) is 0 Å². The van der Waals surface area contributed by atoms with Crippen LogP contribution in [-0.2, 0) is 0 Å². The average Bonchev–Trinajstić information content (AvgIpc) is 2.71. The van der Waals surface area contributed by atoms with Crippen molar-refractivity contribution in [3.8, 4) is 0 Å². The van der Waals surface area contributed by atoms with Crippen molar-refractivity contribution in [2.24, 2.45) is 0 Å². The fourth-order valence-corrected chi connectivity index (χ4v) is 4.60. The van der Waals surface area contributed by atoms with Crippen LogP contribution in [0, 0.1) is 0 Å². The molecule has 2 nitrogen and oxygen atoms in total. The molecule has 1 saturated heterocycles. The number of likely N-dealkylation sites (N-methyl/N-ethyl adjacent to an activating group) is 1. The van der Waals surface area contributed by atoms with E-state index in [2.05, 4.69) is 92.0 Å². The molecule has 0 saturated carbocycles. The third kappa shape index (κ3) is 3.18. The minimum atomic E-state index is -0.364. The summed E-state index contributed by atoms with van der Waals surface area (Å²) in [6, 6.07) is 32.3. The van der Waals surface area contributed by atoms with Crippen LogP contribution in [0.1, 0.15) is 41.1 Å². The van der Waals surface area contributed by atoms with Gasteiger partial charge in [-0.1, -0.05) is 91.0 Å². The Bertz CT molecular complexity index is 819. The number of aliphatic hydroxyl groups is 1.